The van der Waals surface area contributed by atoms with Crippen molar-refractivity contribution < 1.29 is 0 Å². The highest BCUT2D eigenvalue weighted by Crippen LogP contribution is 2.27. The zero-order chi connectivity index (χ0) is 14.5. The fraction of sp³-hybridized carbons (Fsp3) is 0.400. The number of nitrogens with zero attached hydrogens (tertiary/aromatic N) is 2. The quantitative estimate of drug-likeness (QED) is 0.878. The van der Waals surface area contributed by atoms with Gasteiger partial charge in [0.15, 0.2) is 5.13 Å². The molecule has 0 radical (unpaired) electrons. The second-order valence-electron chi connectivity index (χ2n) is 4.73. The Bertz CT molecular complexity index is 568. The van der Waals surface area contributed by atoms with Crippen molar-refractivity contribution in [3.05, 3.63) is 45.4 Å². The summed E-state index contributed by atoms with van der Waals surface area (Å²) in [6.07, 6.45) is 0. The van der Waals surface area contributed by atoms with E-state index in [0.29, 0.717) is 0 Å². The first-order chi connectivity index (χ1) is 9.61. The molecule has 1 heterocycles. The molecule has 0 fully saturated rings. The van der Waals surface area contributed by atoms with Crippen LogP contribution in [-0.4, -0.2) is 18.6 Å². The van der Waals surface area contributed by atoms with E-state index >= 15 is 0 Å². The molecule has 0 atom stereocenters. The van der Waals surface area contributed by atoms with Gasteiger partial charge in [0.1, 0.15) is 0 Å². The van der Waals surface area contributed by atoms with E-state index < -0.39 is 0 Å². The number of thiazole rings is 1. The lowest BCUT2D eigenvalue weighted by molar-refractivity contribution is 0.731. The molecule has 1 N–H and O–H groups in total. The van der Waals surface area contributed by atoms with Crippen molar-refractivity contribution in [1.82, 2.24) is 10.3 Å². The van der Waals surface area contributed by atoms with Gasteiger partial charge in [0.05, 0.1) is 5.69 Å². The van der Waals surface area contributed by atoms with Crippen LogP contribution in [-0.2, 0) is 13.1 Å². The zero-order valence-corrected chi connectivity index (χ0v) is 13.7. The molecule has 0 spiro atoms. The van der Waals surface area contributed by atoms with E-state index in [9.17, 15) is 0 Å². The minimum atomic E-state index is 0.771. The Hall–Kier alpha value is -1.10. The molecular formula is C15H20ClN3S. The molecule has 1 aromatic heterocycles. The maximum Gasteiger partial charge on any atom is 0.185 e. The molecule has 0 unspecified atom stereocenters. The molecule has 0 amide bonds. The molecule has 0 bridgehead atoms. The largest absolute Gasteiger partial charge is 0.347 e. The van der Waals surface area contributed by atoms with E-state index in [1.807, 2.05) is 18.2 Å². The average Bonchev–Trinajstić information content (AvgIpc) is 2.80. The maximum atomic E-state index is 6.21. The van der Waals surface area contributed by atoms with Gasteiger partial charge < -0.3 is 10.2 Å². The molecule has 108 valence electrons. The Morgan fingerprint density at radius 2 is 2.10 bits per heavy atom. The van der Waals surface area contributed by atoms with Crippen molar-refractivity contribution in [3.8, 4) is 0 Å². The highest BCUT2D eigenvalue weighted by molar-refractivity contribution is 7.15. The number of anilines is 1. The first kappa shape index (κ1) is 15.3. The van der Waals surface area contributed by atoms with Crippen molar-refractivity contribution in [3.63, 3.8) is 0 Å². The van der Waals surface area contributed by atoms with Gasteiger partial charge in [-0.2, -0.15) is 0 Å². The van der Waals surface area contributed by atoms with Crippen LogP contribution in [0.1, 0.15) is 23.1 Å². The van der Waals surface area contributed by atoms with Crippen LogP contribution in [0.25, 0.3) is 0 Å². The minimum absolute atomic E-state index is 0.771. The number of halogens is 1. The Morgan fingerprint density at radius 3 is 2.80 bits per heavy atom. The summed E-state index contributed by atoms with van der Waals surface area (Å²) < 4.78 is 0. The van der Waals surface area contributed by atoms with Crippen molar-refractivity contribution in [1.29, 1.82) is 0 Å². The van der Waals surface area contributed by atoms with Gasteiger partial charge in [-0.3, -0.25) is 0 Å². The monoisotopic (exact) mass is 309 g/mol. The van der Waals surface area contributed by atoms with Crippen molar-refractivity contribution >= 4 is 28.1 Å². The lowest BCUT2D eigenvalue weighted by atomic mass is 10.2. The van der Waals surface area contributed by atoms with Crippen molar-refractivity contribution in [2.45, 2.75) is 26.9 Å². The summed E-state index contributed by atoms with van der Waals surface area (Å²) in [7, 11) is 2.05. The summed E-state index contributed by atoms with van der Waals surface area (Å²) >= 11 is 7.95. The normalized spacial score (nSPS) is 10.8. The van der Waals surface area contributed by atoms with Gasteiger partial charge in [-0.25, -0.2) is 4.98 Å². The summed E-state index contributed by atoms with van der Waals surface area (Å²) in [5.74, 6) is 0. The van der Waals surface area contributed by atoms with E-state index in [-0.39, 0.29) is 0 Å². The highest BCUT2D eigenvalue weighted by Gasteiger charge is 2.12. The first-order valence-electron chi connectivity index (χ1n) is 6.73. The Morgan fingerprint density at radius 1 is 1.35 bits per heavy atom. The molecule has 5 heteroatoms. The summed E-state index contributed by atoms with van der Waals surface area (Å²) in [5.41, 5.74) is 2.23. The molecule has 0 saturated carbocycles. The third kappa shape index (κ3) is 3.72. The topological polar surface area (TPSA) is 28.2 Å². The molecule has 0 aliphatic carbocycles. The molecule has 3 nitrogen and oxygen atoms in total. The summed E-state index contributed by atoms with van der Waals surface area (Å²) in [6.45, 7) is 6.81. The molecule has 0 saturated heterocycles. The van der Waals surface area contributed by atoms with Crippen LogP contribution < -0.4 is 10.2 Å². The van der Waals surface area contributed by atoms with E-state index in [1.165, 1.54) is 4.88 Å². The number of nitrogens with one attached hydrogen (secondary N) is 1. The molecule has 2 rings (SSSR count). The summed E-state index contributed by atoms with van der Waals surface area (Å²) in [5, 5.41) is 5.19. The Kier molecular flexibility index (Phi) is 5.40. The van der Waals surface area contributed by atoms with Crippen molar-refractivity contribution in [2.24, 2.45) is 0 Å². The van der Waals surface area contributed by atoms with Crippen LogP contribution in [0.3, 0.4) is 0 Å². The van der Waals surface area contributed by atoms with E-state index in [1.54, 1.807) is 11.3 Å². The predicted molar refractivity (Wildman–Crippen MR) is 87.8 cm³/mol. The van der Waals surface area contributed by atoms with Gasteiger partial charge in [-0.15, -0.1) is 11.3 Å². The van der Waals surface area contributed by atoms with E-state index in [0.717, 1.165) is 41.0 Å². The molecule has 0 aliphatic rings. The fourth-order valence-electron chi connectivity index (χ4n) is 1.93. The lowest BCUT2D eigenvalue weighted by Gasteiger charge is -2.16. The van der Waals surface area contributed by atoms with Gasteiger partial charge in [0.2, 0.25) is 0 Å². The number of hydrogen-bond donors (Lipinski definition) is 1. The smallest absolute Gasteiger partial charge is 0.185 e. The SMILES string of the molecule is CCNCc1sc(N(C)Cc2ccccc2Cl)nc1C. The first-order valence-corrected chi connectivity index (χ1v) is 7.92. The number of aromatic nitrogens is 1. The molecule has 0 aliphatic heterocycles. The van der Waals surface area contributed by atoms with E-state index in [4.69, 9.17) is 11.6 Å². The van der Waals surface area contributed by atoms with Crippen LogP contribution >= 0.6 is 22.9 Å². The average molecular weight is 310 g/mol. The second-order valence-corrected chi connectivity index (χ2v) is 6.20. The van der Waals surface area contributed by atoms with E-state index in [2.05, 4.69) is 42.2 Å². The third-order valence-electron chi connectivity index (χ3n) is 3.11. The van der Waals surface area contributed by atoms with Crippen LogP contribution in [0, 0.1) is 6.92 Å². The van der Waals surface area contributed by atoms with Crippen LogP contribution in [0.2, 0.25) is 5.02 Å². The molecule has 1 aromatic carbocycles. The van der Waals surface area contributed by atoms with Crippen LogP contribution in [0.15, 0.2) is 24.3 Å². The fourth-order valence-corrected chi connectivity index (χ4v) is 3.11. The zero-order valence-electron chi connectivity index (χ0n) is 12.1. The van der Waals surface area contributed by atoms with Gasteiger partial charge in [-0.05, 0) is 25.1 Å². The Balaban J connectivity index is 2.09. The van der Waals surface area contributed by atoms with Gasteiger partial charge in [-0.1, -0.05) is 36.7 Å². The molecular weight excluding hydrogens is 290 g/mol. The Labute approximate surface area is 129 Å². The summed E-state index contributed by atoms with van der Waals surface area (Å²) in [4.78, 5) is 8.10. The maximum absolute atomic E-state index is 6.21. The van der Waals surface area contributed by atoms with Crippen LogP contribution in [0.4, 0.5) is 5.13 Å². The lowest BCUT2D eigenvalue weighted by Crippen LogP contribution is -2.16. The molecule has 20 heavy (non-hydrogen) atoms. The number of benzene rings is 1. The number of aryl methyl sites for hydroxylation is 1. The van der Waals surface area contributed by atoms with Crippen LogP contribution in [0.5, 0.6) is 0 Å². The number of rotatable bonds is 6. The van der Waals surface area contributed by atoms with Gasteiger partial charge in [0, 0.05) is 30.0 Å². The minimum Gasteiger partial charge on any atom is -0.347 e. The summed E-state index contributed by atoms with van der Waals surface area (Å²) in [6, 6.07) is 7.94. The predicted octanol–water partition coefficient (Wildman–Crippen LogP) is 3.85. The third-order valence-corrected chi connectivity index (χ3v) is 4.75. The van der Waals surface area contributed by atoms with Gasteiger partial charge >= 0.3 is 0 Å². The molecule has 2 aromatic rings. The number of hydrogen-bond acceptors (Lipinski definition) is 4. The highest BCUT2D eigenvalue weighted by atomic mass is 35.5. The van der Waals surface area contributed by atoms with Gasteiger partial charge in [0.25, 0.3) is 0 Å². The van der Waals surface area contributed by atoms with Crippen molar-refractivity contribution in [2.75, 3.05) is 18.5 Å². The second kappa shape index (κ2) is 7.07. The standard InChI is InChI=1S/C15H20ClN3S/c1-4-17-9-14-11(2)18-15(20-14)19(3)10-12-7-5-6-8-13(12)16/h5-8,17H,4,9-10H2,1-3H3.